The molecule has 0 spiro atoms. The number of carbonyl (C=O) groups is 2. The van der Waals surface area contributed by atoms with Gasteiger partial charge in [0.25, 0.3) is 5.91 Å². The summed E-state index contributed by atoms with van der Waals surface area (Å²) < 4.78 is 0. The first-order valence-electron chi connectivity index (χ1n) is 7.55. The second-order valence-corrected chi connectivity index (χ2v) is 6.42. The summed E-state index contributed by atoms with van der Waals surface area (Å²) in [5.41, 5.74) is 1.84. The summed E-state index contributed by atoms with van der Waals surface area (Å²) >= 11 is 6.27. The molecular weight excluding hydrogens is 330 g/mol. The zero-order valence-corrected chi connectivity index (χ0v) is 14.0. The van der Waals surface area contributed by atoms with Crippen LogP contribution in [0.25, 0.3) is 11.0 Å². The molecule has 1 unspecified atom stereocenters. The molecule has 0 radical (unpaired) electrons. The van der Waals surface area contributed by atoms with Crippen LogP contribution in [0.4, 0.5) is 0 Å². The van der Waals surface area contributed by atoms with Crippen LogP contribution in [0.5, 0.6) is 0 Å². The van der Waals surface area contributed by atoms with E-state index < -0.39 is 6.04 Å². The highest BCUT2D eigenvalue weighted by atomic mass is 35.5. The van der Waals surface area contributed by atoms with Gasteiger partial charge in [-0.3, -0.25) is 9.59 Å². The number of H-pyrrole nitrogens is 1. The number of aromatic nitrogens is 2. The molecule has 2 N–H and O–H groups in total. The molecule has 0 saturated carbocycles. The van der Waals surface area contributed by atoms with Crippen LogP contribution >= 0.6 is 11.6 Å². The summed E-state index contributed by atoms with van der Waals surface area (Å²) in [5, 5.41) is 12.4. The van der Waals surface area contributed by atoms with Crippen LogP contribution in [0.3, 0.4) is 0 Å². The van der Waals surface area contributed by atoms with Crippen molar-refractivity contribution in [2.75, 3.05) is 6.54 Å². The molecule has 8 heteroatoms. The largest absolute Gasteiger partial charge is 0.345 e. The van der Waals surface area contributed by atoms with E-state index in [1.807, 2.05) is 19.9 Å². The van der Waals surface area contributed by atoms with Gasteiger partial charge >= 0.3 is 0 Å². The minimum Gasteiger partial charge on any atom is -0.345 e. The van der Waals surface area contributed by atoms with Gasteiger partial charge in [0.05, 0.1) is 16.7 Å². The number of aromatic amines is 1. The monoisotopic (exact) mass is 345 g/mol. The molecule has 124 valence electrons. The Bertz CT molecular complexity index is 867. The second kappa shape index (κ2) is 6.13. The van der Waals surface area contributed by atoms with Crippen molar-refractivity contribution < 1.29 is 9.59 Å². The molecule has 1 aliphatic heterocycles. The van der Waals surface area contributed by atoms with Crippen LogP contribution in [0, 0.1) is 17.2 Å². The van der Waals surface area contributed by atoms with Gasteiger partial charge in [-0.25, -0.2) is 4.98 Å². The molecule has 1 atom stereocenters. The van der Waals surface area contributed by atoms with E-state index in [0.29, 0.717) is 21.6 Å². The van der Waals surface area contributed by atoms with Gasteiger partial charge in [-0.1, -0.05) is 25.4 Å². The maximum absolute atomic E-state index is 12.9. The van der Waals surface area contributed by atoms with Crippen LogP contribution in [0.2, 0.25) is 5.02 Å². The van der Waals surface area contributed by atoms with Gasteiger partial charge in [-0.05, 0) is 5.92 Å². The number of hydrogen-bond donors (Lipinski definition) is 2. The Labute approximate surface area is 143 Å². The fraction of sp³-hybridized carbons (Fsp3) is 0.375. The predicted octanol–water partition coefficient (Wildman–Crippen LogP) is 1.84. The number of rotatable bonds is 4. The fourth-order valence-corrected chi connectivity index (χ4v) is 3.32. The topological polar surface area (TPSA) is 102 Å². The Morgan fingerprint density at radius 1 is 1.58 bits per heavy atom. The molecular formula is C16H16ClN5O2. The maximum atomic E-state index is 12.9. The van der Waals surface area contributed by atoms with Crippen molar-refractivity contribution in [1.82, 2.24) is 20.2 Å². The first kappa shape index (κ1) is 16.3. The summed E-state index contributed by atoms with van der Waals surface area (Å²) in [6, 6.07) is 1.19. The Hall–Kier alpha value is -2.59. The molecule has 1 aliphatic rings. The lowest BCUT2D eigenvalue weighted by Gasteiger charge is -2.35. The summed E-state index contributed by atoms with van der Waals surface area (Å²) in [5.74, 6) is -0.715. The minimum atomic E-state index is -0.687. The highest BCUT2D eigenvalue weighted by molar-refractivity contribution is 6.32. The molecule has 7 nitrogen and oxygen atoms in total. The lowest BCUT2D eigenvalue weighted by molar-refractivity contribution is -0.127. The van der Waals surface area contributed by atoms with E-state index in [1.54, 1.807) is 6.20 Å². The van der Waals surface area contributed by atoms with Crippen molar-refractivity contribution in [2.45, 2.75) is 26.4 Å². The first-order valence-corrected chi connectivity index (χ1v) is 7.93. The highest BCUT2D eigenvalue weighted by Crippen LogP contribution is 2.34. The average molecular weight is 346 g/mol. The van der Waals surface area contributed by atoms with E-state index >= 15 is 0 Å². The van der Waals surface area contributed by atoms with Crippen molar-refractivity contribution in [2.24, 2.45) is 5.92 Å². The van der Waals surface area contributed by atoms with Gasteiger partial charge in [0.2, 0.25) is 5.91 Å². The molecule has 2 aromatic heterocycles. The van der Waals surface area contributed by atoms with E-state index in [-0.39, 0.29) is 30.8 Å². The van der Waals surface area contributed by atoms with Crippen LogP contribution in [-0.4, -0.2) is 39.3 Å². The third-order valence-corrected chi connectivity index (χ3v) is 4.48. The summed E-state index contributed by atoms with van der Waals surface area (Å²) in [4.78, 5) is 34.0. The molecule has 0 aromatic carbocycles. The van der Waals surface area contributed by atoms with Crippen LogP contribution in [0.15, 0.2) is 12.4 Å². The highest BCUT2D eigenvalue weighted by Gasteiger charge is 2.38. The van der Waals surface area contributed by atoms with Crippen LogP contribution < -0.4 is 5.32 Å². The molecule has 2 aromatic rings. The van der Waals surface area contributed by atoms with Gasteiger partial charge in [-0.15, -0.1) is 0 Å². The molecule has 24 heavy (non-hydrogen) atoms. The molecule has 0 fully saturated rings. The summed E-state index contributed by atoms with van der Waals surface area (Å²) in [6.07, 6.45) is 3.13. The van der Waals surface area contributed by atoms with Gasteiger partial charge in [0.15, 0.2) is 0 Å². The lowest BCUT2D eigenvalue weighted by Crippen LogP contribution is -2.52. The Kier molecular flexibility index (Phi) is 4.16. The molecule has 3 heterocycles. The van der Waals surface area contributed by atoms with E-state index in [2.05, 4.69) is 15.3 Å². The molecule has 0 saturated heterocycles. The number of amides is 2. The number of pyridine rings is 1. The van der Waals surface area contributed by atoms with E-state index in [4.69, 9.17) is 16.9 Å². The molecule has 2 amide bonds. The Morgan fingerprint density at radius 2 is 2.33 bits per heavy atom. The number of nitriles is 1. The fourth-order valence-electron chi connectivity index (χ4n) is 3.12. The SMILES string of the molecule is CC(C)C(C(=O)NCC#N)N1Cc2c(Cl)cnc3[nH]cc(c23)C1=O. The van der Waals surface area contributed by atoms with E-state index in [1.165, 1.54) is 11.1 Å². The number of nitrogens with one attached hydrogen (secondary N) is 2. The van der Waals surface area contributed by atoms with E-state index in [0.717, 1.165) is 5.56 Å². The summed E-state index contributed by atoms with van der Waals surface area (Å²) in [6.45, 7) is 3.85. The Balaban J connectivity index is 2.03. The quantitative estimate of drug-likeness (QED) is 0.825. The second-order valence-electron chi connectivity index (χ2n) is 6.01. The average Bonchev–Trinajstić information content (AvgIpc) is 2.97. The van der Waals surface area contributed by atoms with Crippen LogP contribution in [0.1, 0.15) is 29.8 Å². The van der Waals surface area contributed by atoms with Gasteiger partial charge < -0.3 is 15.2 Å². The number of halogens is 1. The number of carbonyl (C=O) groups excluding carboxylic acids is 2. The number of nitrogens with zero attached hydrogens (tertiary/aromatic N) is 3. The van der Waals surface area contributed by atoms with Crippen molar-refractivity contribution in [3.8, 4) is 6.07 Å². The van der Waals surface area contributed by atoms with Crippen molar-refractivity contribution >= 4 is 34.4 Å². The minimum absolute atomic E-state index is 0.0975. The smallest absolute Gasteiger partial charge is 0.257 e. The van der Waals surface area contributed by atoms with Gasteiger partial charge in [-0.2, -0.15) is 5.26 Å². The third-order valence-electron chi connectivity index (χ3n) is 4.15. The number of hydrogen-bond acceptors (Lipinski definition) is 4. The first-order chi connectivity index (χ1) is 11.5. The van der Waals surface area contributed by atoms with Crippen LogP contribution in [-0.2, 0) is 11.3 Å². The van der Waals surface area contributed by atoms with Crippen molar-refractivity contribution in [3.05, 3.63) is 28.5 Å². The van der Waals surface area contributed by atoms with Gasteiger partial charge in [0.1, 0.15) is 18.2 Å². The lowest BCUT2D eigenvalue weighted by atomic mass is 9.95. The zero-order valence-electron chi connectivity index (χ0n) is 13.3. The third kappa shape index (κ3) is 2.49. The standard InChI is InChI=1S/C16H16ClN5O2/c1-8(2)13(15(23)19-4-3-18)22-7-10-11(17)6-21-14-12(10)9(5-20-14)16(22)24/h5-6,8,13H,4,7H2,1-2H3,(H,19,23)(H,20,21). The maximum Gasteiger partial charge on any atom is 0.257 e. The Morgan fingerprint density at radius 3 is 3.00 bits per heavy atom. The zero-order chi connectivity index (χ0) is 17.4. The molecule has 0 aliphatic carbocycles. The summed E-state index contributed by atoms with van der Waals surface area (Å²) in [7, 11) is 0. The predicted molar refractivity (Wildman–Crippen MR) is 88.2 cm³/mol. The normalized spacial score (nSPS) is 14.8. The van der Waals surface area contributed by atoms with E-state index in [9.17, 15) is 9.59 Å². The molecule has 0 bridgehead atoms. The van der Waals surface area contributed by atoms with Crippen molar-refractivity contribution in [1.29, 1.82) is 5.26 Å². The molecule has 3 rings (SSSR count). The van der Waals surface area contributed by atoms with Crippen molar-refractivity contribution in [3.63, 3.8) is 0 Å². The van der Waals surface area contributed by atoms with Gasteiger partial charge in [0, 0.05) is 29.9 Å².